The average Bonchev–Trinajstić information content (AvgIpc) is 2.79. The second-order valence-corrected chi connectivity index (χ2v) is 6.24. The minimum absolute atomic E-state index is 0.0511. The summed E-state index contributed by atoms with van der Waals surface area (Å²) in [6, 6.07) is 13.8. The molecule has 1 N–H and O–H groups in total. The molecule has 1 aliphatic heterocycles. The number of amides is 2. The Morgan fingerprint density at radius 3 is 2.12 bits per heavy atom. The minimum Gasteiger partial charge on any atom is -0.479 e. The van der Waals surface area contributed by atoms with Crippen molar-refractivity contribution in [3.63, 3.8) is 0 Å². The number of aliphatic carboxylic acids is 1. The van der Waals surface area contributed by atoms with Gasteiger partial charge in [-0.15, -0.1) is 0 Å². The van der Waals surface area contributed by atoms with Gasteiger partial charge in [0.05, 0.1) is 11.1 Å². The van der Waals surface area contributed by atoms with Crippen LogP contribution >= 0.6 is 0 Å². The summed E-state index contributed by atoms with van der Waals surface area (Å²) in [5.41, 5.74) is 0.596. The second kappa shape index (κ2) is 5.60. The van der Waals surface area contributed by atoms with Gasteiger partial charge in [-0.2, -0.15) is 0 Å². The minimum atomic E-state index is -1.65. The van der Waals surface area contributed by atoms with Crippen molar-refractivity contribution in [2.24, 2.45) is 0 Å². The van der Waals surface area contributed by atoms with E-state index >= 15 is 0 Å². The normalized spacial score (nSPS) is 16.0. The van der Waals surface area contributed by atoms with Crippen molar-refractivity contribution in [3.05, 3.63) is 70.8 Å². The fourth-order valence-electron chi connectivity index (χ4n) is 3.11. The van der Waals surface area contributed by atoms with Gasteiger partial charge < -0.3 is 5.11 Å². The van der Waals surface area contributed by atoms with Crippen molar-refractivity contribution < 1.29 is 19.5 Å². The number of carboxylic acid groups (broad SMARTS) is 1. The van der Waals surface area contributed by atoms with Gasteiger partial charge in [-0.3, -0.25) is 14.5 Å². The van der Waals surface area contributed by atoms with Gasteiger partial charge in [0.2, 0.25) is 0 Å². The van der Waals surface area contributed by atoms with E-state index in [-0.39, 0.29) is 17.5 Å². The van der Waals surface area contributed by atoms with Crippen molar-refractivity contribution >= 4 is 17.8 Å². The van der Waals surface area contributed by atoms with Crippen LogP contribution in [0.25, 0.3) is 0 Å². The van der Waals surface area contributed by atoms with Gasteiger partial charge in [-0.25, -0.2) is 4.79 Å². The molecule has 1 aliphatic rings. The van der Waals surface area contributed by atoms with Crippen LogP contribution in [-0.2, 0) is 11.2 Å². The van der Waals surface area contributed by atoms with Gasteiger partial charge in [-0.1, -0.05) is 42.0 Å². The standard InChI is InChI=1S/C19H17NO4/c1-12-6-5-7-13(10-12)11-19(2,18(23)24)20-16(21)14-8-3-4-9-15(14)17(20)22/h3-10H,11H2,1-2H3,(H,23,24). The molecule has 2 aromatic carbocycles. The van der Waals surface area contributed by atoms with Crippen LogP contribution in [0.15, 0.2) is 48.5 Å². The third kappa shape index (κ3) is 2.38. The first-order chi connectivity index (χ1) is 11.3. The molecule has 122 valence electrons. The average molecular weight is 323 g/mol. The Kier molecular flexibility index (Phi) is 3.72. The van der Waals surface area contributed by atoms with Gasteiger partial charge in [-0.05, 0) is 31.5 Å². The molecule has 0 radical (unpaired) electrons. The first kappa shape index (κ1) is 15.9. The van der Waals surface area contributed by atoms with Crippen molar-refractivity contribution in [3.8, 4) is 0 Å². The highest BCUT2D eigenvalue weighted by Crippen LogP contribution is 2.32. The maximum absolute atomic E-state index is 12.7. The number of rotatable bonds is 4. The highest BCUT2D eigenvalue weighted by Gasteiger charge is 2.50. The zero-order chi connectivity index (χ0) is 17.5. The lowest BCUT2D eigenvalue weighted by atomic mass is 9.90. The van der Waals surface area contributed by atoms with Gasteiger partial charge in [0.1, 0.15) is 5.54 Å². The van der Waals surface area contributed by atoms with Crippen LogP contribution in [0.5, 0.6) is 0 Å². The molecule has 5 heteroatoms. The SMILES string of the molecule is Cc1cccc(CC(C)(C(=O)O)N2C(=O)c3ccccc3C2=O)c1. The van der Waals surface area contributed by atoms with Crippen LogP contribution in [0.4, 0.5) is 0 Å². The van der Waals surface area contributed by atoms with E-state index < -0.39 is 23.3 Å². The number of fused-ring (bicyclic) bond motifs is 1. The van der Waals surface area contributed by atoms with E-state index in [9.17, 15) is 19.5 Å². The summed E-state index contributed by atoms with van der Waals surface area (Å²) in [7, 11) is 0. The number of nitrogens with zero attached hydrogens (tertiary/aromatic N) is 1. The third-order valence-corrected chi connectivity index (χ3v) is 4.38. The van der Waals surface area contributed by atoms with Crippen molar-refractivity contribution in [2.75, 3.05) is 0 Å². The zero-order valence-corrected chi connectivity index (χ0v) is 13.4. The Morgan fingerprint density at radius 1 is 1.04 bits per heavy atom. The Morgan fingerprint density at radius 2 is 1.62 bits per heavy atom. The Bertz CT molecular complexity index is 823. The van der Waals surface area contributed by atoms with Crippen LogP contribution in [0.2, 0.25) is 0 Å². The van der Waals surface area contributed by atoms with Gasteiger partial charge >= 0.3 is 5.97 Å². The Balaban J connectivity index is 2.05. The maximum atomic E-state index is 12.7. The topological polar surface area (TPSA) is 74.7 Å². The summed E-state index contributed by atoms with van der Waals surface area (Å²) in [6.45, 7) is 3.32. The summed E-state index contributed by atoms with van der Waals surface area (Å²) >= 11 is 0. The molecule has 24 heavy (non-hydrogen) atoms. The van der Waals surface area contributed by atoms with Crippen LogP contribution < -0.4 is 0 Å². The van der Waals surface area contributed by atoms with E-state index in [1.807, 2.05) is 25.1 Å². The van der Waals surface area contributed by atoms with Crippen molar-refractivity contribution in [2.45, 2.75) is 25.8 Å². The lowest BCUT2D eigenvalue weighted by molar-refractivity contribution is -0.147. The number of hydrogen-bond acceptors (Lipinski definition) is 3. The molecule has 2 aromatic rings. The molecule has 0 aromatic heterocycles. The largest absolute Gasteiger partial charge is 0.479 e. The van der Waals surface area contributed by atoms with Crippen LogP contribution in [-0.4, -0.2) is 33.3 Å². The van der Waals surface area contributed by atoms with Gasteiger partial charge in [0.15, 0.2) is 0 Å². The van der Waals surface area contributed by atoms with E-state index in [1.54, 1.807) is 30.3 Å². The summed E-state index contributed by atoms with van der Waals surface area (Å²) in [6.07, 6.45) is 0.0511. The molecule has 0 aliphatic carbocycles. The van der Waals surface area contributed by atoms with Crippen LogP contribution in [0.1, 0.15) is 38.8 Å². The van der Waals surface area contributed by atoms with Crippen LogP contribution in [0.3, 0.4) is 0 Å². The summed E-state index contributed by atoms with van der Waals surface area (Å²) < 4.78 is 0. The molecule has 0 fully saturated rings. The Hall–Kier alpha value is -2.95. The van der Waals surface area contributed by atoms with Crippen molar-refractivity contribution in [1.29, 1.82) is 0 Å². The molecule has 3 rings (SSSR count). The number of imide groups is 1. The molecular weight excluding hydrogens is 306 g/mol. The highest BCUT2D eigenvalue weighted by atomic mass is 16.4. The summed E-state index contributed by atoms with van der Waals surface area (Å²) in [5.74, 6) is -2.33. The predicted octanol–water partition coefficient (Wildman–Crippen LogP) is 2.68. The lowest BCUT2D eigenvalue weighted by Crippen LogP contribution is -2.56. The smallest absolute Gasteiger partial charge is 0.330 e. The maximum Gasteiger partial charge on any atom is 0.330 e. The molecule has 2 amide bonds. The number of hydrogen-bond donors (Lipinski definition) is 1. The fraction of sp³-hybridized carbons (Fsp3) is 0.211. The Labute approximate surface area is 139 Å². The van der Waals surface area contributed by atoms with Gasteiger partial charge in [0, 0.05) is 6.42 Å². The monoisotopic (exact) mass is 323 g/mol. The van der Waals surface area contributed by atoms with Gasteiger partial charge in [0.25, 0.3) is 11.8 Å². The second-order valence-electron chi connectivity index (χ2n) is 6.24. The number of aryl methyl sites for hydroxylation is 1. The predicted molar refractivity (Wildman–Crippen MR) is 87.9 cm³/mol. The zero-order valence-electron chi connectivity index (χ0n) is 13.4. The first-order valence-electron chi connectivity index (χ1n) is 7.61. The van der Waals surface area contributed by atoms with E-state index in [1.165, 1.54) is 6.92 Å². The third-order valence-electron chi connectivity index (χ3n) is 4.38. The highest BCUT2D eigenvalue weighted by molar-refractivity contribution is 6.23. The molecule has 1 heterocycles. The summed E-state index contributed by atoms with van der Waals surface area (Å²) in [4.78, 5) is 38.2. The van der Waals surface area contributed by atoms with E-state index in [0.29, 0.717) is 0 Å². The first-order valence-corrected chi connectivity index (χ1v) is 7.61. The van der Waals surface area contributed by atoms with Crippen molar-refractivity contribution in [1.82, 2.24) is 4.90 Å². The van der Waals surface area contributed by atoms with Crippen LogP contribution in [0, 0.1) is 6.92 Å². The molecular formula is C19H17NO4. The number of carbonyl (C=O) groups is 3. The van der Waals surface area contributed by atoms with E-state index in [2.05, 4.69) is 0 Å². The molecule has 5 nitrogen and oxygen atoms in total. The van der Waals surface area contributed by atoms with E-state index in [4.69, 9.17) is 0 Å². The lowest BCUT2D eigenvalue weighted by Gasteiger charge is -2.33. The molecule has 1 atom stereocenters. The fourth-order valence-corrected chi connectivity index (χ4v) is 3.11. The number of carbonyl (C=O) groups excluding carboxylic acids is 2. The number of carboxylic acids is 1. The molecule has 0 saturated carbocycles. The summed E-state index contributed by atoms with van der Waals surface area (Å²) in [5, 5.41) is 9.79. The quantitative estimate of drug-likeness (QED) is 0.878. The van der Waals surface area contributed by atoms with E-state index in [0.717, 1.165) is 16.0 Å². The molecule has 0 bridgehead atoms. The number of benzene rings is 2. The molecule has 0 spiro atoms. The molecule has 0 saturated heterocycles. The molecule has 1 unspecified atom stereocenters.